The second-order valence-electron chi connectivity index (χ2n) is 8.10. The molecule has 2 aliphatic rings. The highest BCUT2D eigenvalue weighted by Gasteiger charge is 2.68. The highest BCUT2D eigenvalue weighted by atomic mass is 32.1. The lowest BCUT2D eigenvalue weighted by atomic mass is 9.88. The summed E-state index contributed by atoms with van der Waals surface area (Å²) in [5.74, 6) is 0.773. The van der Waals surface area contributed by atoms with Crippen LogP contribution in [0.15, 0.2) is 30.0 Å². The maximum Gasteiger partial charge on any atom is 0.234 e. The first-order chi connectivity index (χ1) is 12.0. The maximum absolute atomic E-state index is 13.4. The molecule has 2 fully saturated rings. The van der Waals surface area contributed by atoms with E-state index in [-0.39, 0.29) is 10.8 Å². The molecule has 0 aromatic carbocycles. The number of nitrogens with zero attached hydrogens (tertiary/aromatic N) is 3. The zero-order chi connectivity index (χ0) is 17.7. The van der Waals surface area contributed by atoms with E-state index in [0.29, 0.717) is 11.8 Å². The Labute approximate surface area is 153 Å². The van der Waals surface area contributed by atoms with Crippen LogP contribution in [0.4, 0.5) is 0 Å². The SMILES string of the molecule is Cc1cncnc1C1CCN(C(=O)[C@]2(c3cccs3)CC2(C)C)CC1. The monoisotopic (exact) mass is 355 g/mol. The van der Waals surface area contributed by atoms with Gasteiger partial charge in [-0.1, -0.05) is 19.9 Å². The molecule has 1 aliphatic carbocycles. The topological polar surface area (TPSA) is 46.1 Å². The average Bonchev–Trinajstić information content (AvgIpc) is 2.98. The van der Waals surface area contributed by atoms with Crippen molar-refractivity contribution in [3.63, 3.8) is 0 Å². The normalized spacial score (nSPS) is 25.8. The summed E-state index contributed by atoms with van der Waals surface area (Å²) < 4.78 is 0. The number of likely N-dealkylation sites (tertiary alicyclic amines) is 1. The fraction of sp³-hybridized carbons (Fsp3) is 0.550. The third-order valence-electron chi connectivity index (χ3n) is 6.15. The predicted octanol–water partition coefficient (Wildman–Crippen LogP) is 3.92. The van der Waals surface area contributed by atoms with Crippen LogP contribution in [-0.4, -0.2) is 33.9 Å². The number of hydrogen-bond acceptors (Lipinski definition) is 4. The average molecular weight is 356 g/mol. The molecule has 0 N–H and O–H groups in total. The molecule has 0 spiro atoms. The van der Waals surface area contributed by atoms with Gasteiger partial charge in [0.15, 0.2) is 0 Å². The van der Waals surface area contributed by atoms with Crippen LogP contribution in [-0.2, 0) is 10.2 Å². The molecule has 25 heavy (non-hydrogen) atoms. The van der Waals surface area contributed by atoms with Crippen molar-refractivity contribution in [2.45, 2.75) is 51.4 Å². The Morgan fingerprint density at radius 2 is 2.04 bits per heavy atom. The molecular formula is C20H25N3OS. The number of thiophene rings is 1. The van der Waals surface area contributed by atoms with Crippen LogP contribution in [0.2, 0.25) is 0 Å². The molecule has 4 nitrogen and oxygen atoms in total. The molecule has 4 rings (SSSR count). The molecule has 0 unspecified atom stereocenters. The number of aromatic nitrogens is 2. The molecule has 3 heterocycles. The lowest BCUT2D eigenvalue weighted by Gasteiger charge is -2.35. The Kier molecular flexibility index (Phi) is 3.95. The molecule has 1 amide bonds. The minimum Gasteiger partial charge on any atom is -0.342 e. The number of piperidine rings is 1. The van der Waals surface area contributed by atoms with Gasteiger partial charge in [0, 0.05) is 35.8 Å². The van der Waals surface area contributed by atoms with Gasteiger partial charge in [-0.3, -0.25) is 4.79 Å². The lowest BCUT2D eigenvalue weighted by Crippen LogP contribution is -2.45. The van der Waals surface area contributed by atoms with Crippen LogP contribution in [0.3, 0.4) is 0 Å². The quantitative estimate of drug-likeness (QED) is 0.838. The number of carbonyl (C=O) groups excluding carboxylic acids is 1. The van der Waals surface area contributed by atoms with Gasteiger partial charge in [0.1, 0.15) is 6.33 Å². The Balaban J connectivity index is 1.50. The fourth-order valence-corrected chi connectivity index (χ4v) is 5.59. The number of carbonyl (C=O) groups is 1. The van der Waals surface area contributed by atoms with Gasteiger partial charge in [-0.05, 0) is 48.6 Å². The molecule has 5 heteroatoms. The minimum absolute atomic E-state index is 0.0645. The summed E-state index contributed by atoms with van der Waals surface area (Å²) in [5, 5.41) is 2.09. The first kappa shape index (κ1) is 16.7. The van der Waals surface area contributed by atoms with Gasteiger partial charge in [-0.25, -0.2) is 9.97 Å². The Bertz CT molecular complexity index is 778. The van der Waals surface area contributed by atoms with Gasteiger partial charge in [-0.2, -0.15) is 0 Å². The predicted molar refractivity (Wildman–Crippen MR) is 99.7 cm³/mol. The van der Waals surface area contributed by atoms with Gasteiger partial charge in [0.05, 0.1) is 5.41 Å². The summed E-state index contributed by atoms with van der Waals surface area (Å²) >= 11 is 1.72. The summed E-state index contributed by atoms with van der Waals surface area (Å²) in [6.45, 7) is 8.18. The Morgan fingerprint density at radius 1 is 1.32 bits per heavy atom. The van der Waals surface area contributed by atoms with E-state index in [1.807, 2.05) is 6.20 Å². The summed E-state index contributed by atoms with van der Waals surface area (Å²) in [6.07, 6.45) is 6.47. The molecule has 132 valence electrons. The Hall–Kier alpha value is -1.75. The van der Waals surface area contributed by atoms with Gasteiger partial charge < -0.3 is 4.90 Å². The van der Waals surface area contributed by atoms with Gasteiger partial charge in [0.2, 0.25) is 5.91 Å². The first-order valence-electron chi connectivity index (χ1n) is 9.05. The first-order valence-corrected chi connectivity index (χ1v) is 9.93. The number of rotatable bonds is 3. The molecular weight excluding hydrogens is 330 g/mol. The van der Waals surface area contributed by atoms with E-state index in [0.717, 1.165) is 43.6 Å². The van der Waals surface area contributed by atoms with Gasteiger partial charge in [-0.15, -0.1) is 11.3 Å². The maximum atomic E-state index is 13.4. The zero-order valence-corrected chi connectivity index (χ0v) is 16.0. The van der Waals surface area contributed by atoms with Crippen LogP contribution < -0.4 is 0 Å². The molecule has 1 saturated heterocycles. The van der Waals surface area contributed by atoms with Crippen molar-refractivity contribution in [1.82, 2.24) is 14.9 Å². The van der Waals surface area contributed by atoms with Crippen molar-refractivity contribution >= 4 is 17.2 Å². The van der Waals surface area contributed by atoms with Crippen LogP contribution in [0, 0.1) is 12.3 Å². The second kappa shape index (κ2) is 5.90. The minimum atomic E-state index is -0.293. The molecule has 1 atom stereocenters. The zero-order valence-electron chi connectivity index (χ0n) is 15.2. The summed E-state index contributed by atoms with van der Waals surface area (Å²) in [6, 6.07) is 4.20. The molecule has 1 aliphatic heterocycles. The van der Waals surface area contributed by atoms with Crippen molar-refractivity contribution in [3.05, 3.63) is 46.2 Å². The van der Waals surface area contributed by atoms with Crippen LogP contribution >= 0.6 is 11.3 Å². The molecule has 2 aromatic rings. The van der Waals surface area contributed by atoms with Crippen LogP contribution in [0.1, 0.15) is 55.2 Å². The van der Waals surface area contributed by atoms with Crippen LogP contribution in [0.25, 0.3) is 0 Å². The van der Waals surface area contributed by atoms with Crippen molar-refractivity contribution in [1.29, 1.82) is 0 Å². The number of amides is 1. The largest absolute Gasteiger partial charge is 0.342 e. The van der Waals surface area contributed by atoms with E-state index in [9.17, 15) is 4.79 Å². The summed E-state index contributed by atoms with van der Waals surface area (Å²) in [7, 11) is 0. The third-order valence-corrected chi connectivity index (χ3v) is 7.18. The summed E-state index contributed by atoms with van der Waals surface area (Å²) in [5.41, 5.74) is 2.08. The fourth-order valence-electron chi connectivity index (χ4n) is 4.49. The van der Waals surface area contributed by atoms with Crippen molar-refractivity contribution in [2.75, 3.05) is 13.1 Å². The molecule has 0 bridgehead atoms. The third kappa shape index (κ3) is 2.60. The second-order valence-corrected chi connectivity index (χ2v) is 9.05. The highest BCUT2D eigenvalue weighted by Crippen LogP contribution is 2.66. The molecule has 0 radical (unpaired) electrons. The number of aryl methyl sites for hydroxylation is 1. The molecule has 1 saturated carbocycles. The number of hydrogen-bond donors (Lipinski definition) is 0. The van der Waals surface area contributed by atoms with Crippen molar-refractivity contribution < 1.29 is 4.79 Å². The van der Waals surface area contributed by atoms with Crippen LogP contribution in [0.5, 0.6) is 0 Å². The van der Waals surface area contributed by atoms with E-state index in [1.54, 1.807) is 17.7 Å². The van der Waals surface area contributed by atoms with E-state index >= 15 is 0 Å². The Morgan fingerprint density at radius 3 is 2.60 bits per heavy atom. The van der Waals surface area contributed by atoms with Crippen molar-refractivity contribution in [3.8, 4) is 0 Å². The van der Waals surface area contributed by atoms with E-state index in [4.69, 9.17) is 0 Å². The van der Waals surface area contributed by atoms with Crippen molar-refractivity contribution in [2.24, 2.45) is 5.41 Å². The van der Waals surface area contributed by atoms with Gasteiger partial charge in [0.25, 0.3) is 0 Å². The smallest absolute Gasteiger partial charge is 0.234 e. The van der Waals surface area contributed by atoms with E-state index in [1.165, 1.54) is 4.88 Å². The highest BCUT2D eigenvalue weighted by molar-refractivity contribution is 7.10. The van der Waals surface area contributed by atoms with E-state index in [2.05, 4.69) is 53.2 Å². The lowest BCUT2D eigenvalue weighted by molar-refractivity contribution is -0.135. The molecule has 2 aromatic heterocycles. The standard InChI is InChI=1S/C20H25N3OS/c1-14-11-21-13-22-17(14)15-6-8-23(9-7-15)18(24)20(12-19(20,2)3)16-5-4-10-25-16/h4-5,10-11,13,15H,6-9,12H2,1-3H3/t20-/m1/s1. The van der Waals surface area contributed by atoms with E-state index < -0.39 is 0 Å². The van der Waals surface area contributed by atoms with Gasteiger partial charge >= 0.3 is 0 Å². The summed E-state index contributed by atoms with van der Waals surface area (Å²) in [4.78, 5) is 25.3.